The van der Waals surface area contributed by atoms with Crippen molar-refractivity contribution < 1.29 is 9.59 Å². The molecule has 0 bridgehead atoms. The molecule has 4 aromatic rings. The SMILES string of the molecule is Cc1ccccc1NC(=O)C1(c2ccc3ncccc3c2)CC(=O)N1c1ccccc1C. The number of hydrogen-bond acceptors (Lipinski definition) is 3. The smallest absolute Gasteiger partial charge is 0.255 e. The summed E-state index contributed by atoms with van der Waals surface area (Å²) >= 11 is 0. The second-order valence-corrected chi connectivity index (χ2v) is 8.23. The molecule has 1 unspecified atom stereocenters. The molecular formula is C27H23N3O2. The van der Waals surface area contributed by atoms with Gasteiger partial charge in [-0.25, -0.2) is 0 Å². The highest BCUT2D eigenvalue weighted by Gasteiger charge is 2.58. The van der Waals surface area contributed by atoms with Crippen LogP contribution in [0.3, 0.4) is 0 Å². The summed E-state index contributed by atoms with van der Waals surface area (Å²) in [6, 6.07) is 25.0. The Bertz CT molecular complexity index is 1360. The molecule has 1 saturated heterocycles. The molecule has 0 aliphatic carbocycles. The molecule has 5 rings (SSSR count). The Hall–Kier alpha value is -3.99. The number of anilines is 2. The fourth-order valence-corrected chi connectivity index (χ4v) is 4.47. The Labute approximate surface area is 186 Å². The van der Waals surface area contributed by atoms with Crippen LogP contribution < -0.4 is 10.2 Å². The molecule has 1 atom stereocenters. The third-order valence-electron chi connectivity index (χ3n) is 6.24. The van der Waals surface area contributed by atoms with Crippen LogP contribution in [-0.2, 0) is 15.1 Å². The van der Waals surface area contributed by atoms with Gasteiger partial charge in [-0.15, -0.1) is 0 Å². The van der Waals surface area contributed by atoms with Gasteiger partial charge in [-0.2, -0.15) is 0 Å². The minimum Gasteiger partial charge on any atom is -0.323 e. The normalized spacial score (nSPS) is 17.8. The lowest BCUT2D eigenvalue weighted by Crippen LogP contribution is -2.67. The topological polar surface area (TPSA) is 62.3 Å². The van der Waals surface area contributed by atoms with E-state index in [0.717, 1.165) is 39.0 Å². The number of pyridine rings is 1. The molecule has 5 heteroatoms. The quantitative estimate of drug-likeness (QED) is 0.465. The molecule has 2 heterocycles. The lowest BCUT2D eigenvalue weighted by atomic mass is 9.75. The lowest BCUT2D eigenvalue weighted by molar-refractivity contribution is -0.137. The lowest BCUT2D eigenvalue weighted by Gasteiger charge is -2.51. The highest BCUT2D eigenvalue weighted by molar-refractivity contribution is 6.17. The third-order valence-corrected chi connectivity index (χ3v) is 6.24. The Balaban J connectivity index is 1.68. The maximum atomic E-state index is 13.9. The highest BCUT2D eigenvalue weighted by atomic mass is 16.2. The molecule has 2 amide bonds. The van der Waals surface area contributed by atoms with Crippen molar-refractivity contribution in [1.29, 1.82) is 0 Å². The van der Waals surface area contributed by atoms with Crippen LogP contribution in [0.2, 0.25) is 0 Å². The van der Waals surface area contributed by atoms with Gasteiger partial charge in [-0.05, 0) is 60.9 Å². The summed E-state index contributed by atoms with van der Waals surface area (Å²) in [4.78, 5) is 33.0. The predicted molar refractivity (Wildman–Crippen MR) is 127 cm³/mol. The summed E-state index contributed by atoms with van der Waals surface area (Å²) in [7, 11) is 0. The minimum atomic E-state index is -1.14. The number of rotatable bonds is 4. The first kappa shape index (κ1) is 19.9. The van der Waals surface area contributed by atoms with E-state index in [1.165, 1.54) is 0 Å². The van der Waals surface area contributed by atoms with Crippen molar-refractivity contribution in [3.63, 3.8) is 0 Å². The van der Waals surface area contributed by atoms with E-state index < -0.39 is 5.54 Å². The largest absolute Gasteiger partial charge is 0.323 e. The standard InChI is InChI=1S/C27H23N3O2/c1-18-8-3-5-11-22(18)29-26(32)27(21-13-14-23-20(16-21)10-7-15-28-23)17-25(31)30(27)24-12-6-4-9-19(24)2/h3-16H,17H2,1-2H3,(H,29,32). The fraction of sp³-hybridized carbons (Fsp3) is 0.148. The molecule has 32 heavy (non-hydrogen) atoms. The monoisotopic (exact) mass is 421 g/mol. The number of nitrogens with one attached hydrogen (secondary N) is 1. The maximum Gasteiger partial charge on any atom is 0.255 e. The van der Waals surface area contributed by atoms with E-state index in [1.807, 2.05) is 92.7 Å². The van der Waals surface area contributed by atoms with Gasteiger partial charge in [0.1, 0.15) is 0 Å². The van der Waals surface area contributed by atoms with Crippen molar-refractivity contribution >= 4 is 34.1 Å². The van der Waals surface area contributed by atoms with Gasteiger partial charge in [-0.1, -0.05) is 48.5 Å². The molecule has 3 aromatic carbocycles. The van der Waals surface area contributed by atoms with Gasteiger partial charge in [0.05, 0.1) is 11.9 Å². The fourth-order valence-electron chi connectivity index (χ4n) is 4.47. The van der Waals surface area contributed by atoms with Crippen molar-refractivity contribution in [3.8, 4) is 0 Å². The van der Waals surface area contributed by atoms with Crippen LogP contribution in [0.4, 0.5) is 11.4 Å². The van der Waals surface area contributed by atoms with E-state index in [2.05, 4.69) is 10.3 Å². The second kappa shape index (κ2) is 7.61. The molecule has 1 aliphatic heterocycles. The summed E-state index contributed by atoms with van der Waals surface area (Å²) in [5.74, 6) is -0.302. The van der Waals surface area contributed by atoms with Crippen LogP contribution in [0.5, 0.6) is 0 Å². The van der Waals surface area contributed by atoms with Crippen molar-refractivity contribution in [2.24, 2.45) is 0 Å². The van der Waals surface area contributed by atoms with Crippen molar-refractivity contribution in [2.45, 2.75) is 25.8 Å². The molecule has 158 valence electrons. The maximum absolute atomic E-state index is 13.9. The highest BCUT2D eigenvalue weighted by Crippen LogP contribution is 2.47. The number of carbonyl (C=O) groups is 2. The number of nitrogens with zero attached hydrogens (tertiary/aromatic N) is 2. The van der Waals surface area contributed by atoms with E-state index in [1.54, 1.807) is 11.1 Å². The zero-order valence-electron chi connectivity index (χ0n) is 18.0. The van der Waals surface area contributed by atoms with Crippen LogP contribution in [0, 0.1) is 13.8 Å². The molecule has 5 nitrogen and oxygen atoms in total. The molecular weight excluding hydrogens is 398 g/mol. The minimum absolute atomic E-state index is 0.0782. The van der Waals surface area contributed by atoms with E-state index in [9.17, 15) is 9.59 Å². The number of β-lactam (4-membered cyclic amide) rings is 1. The second-order valence-electron chi connectivity index (χ2n) is 8.23. The number of para-hydroxylation sites is 2. The number of aryl methyl sites for hydroxylation is 2. The number of aromatic nitrogens is 1. The first-order chi connectivity index (χ1) is 15.5. The van der Waals surface area contributed by atoms with Gasteiger partial charge in [-0.3, -0.25) is 19.5 Å². The van der Waals surface area contributed by atoms with Crippen LogP contribution in [0.25, 0.3) is 10.9 Å². The van der Waals surface area contributed by atoms with E-state index in [-0.39, 0.29) is 18.2 Å². The van der Waals surface area contributed by atoms with Crippen LogP contribution >= 0.6 is 0 Å². The summed E-state index contributed by atoms with van der Waals surface area (Å²) in [6.07, 6.45) is 1.85. The molecule has 1 aromatic heterocycles. The van der Waals surface area contributed by atoms with Gasteiger partial charge in [0.2, 0.25) is 5.91 Å². The number of fused-ring (bicyclic) bond motifs is 1. The molecule has 0 spiro atoms. The van der Waals surface area contributed by atoms with Crippen molar-refractivity contribution in [2.75, 3.05) is 10.2 Å². The third kappa shape index (κ3) is 3.05. The van der Waals surface area contributed by atoms with Gasteiger partial charge in [0, 0.05) is 23.0 Å². The van der Waals surface area contributed by atoms with Gasteiger partial charge < -0.3 is 5.32 Å². The molecule has 1 N–H and O–H groups in total. The van der Waals surface area contributed by atoms with Crippen LogP contribution in [0.15, 0.2) is 85.1 Å². The Morgan fingerprint density at radius 3 is 2.44 bits per heavy atom. The summed E-state index contributed by atoms with van der Waals surface area (Å²) in [5, 5.41) is 4.02. The summed E-state index contributed by atoms with van der Waals surface area (Å²) < 4.78 is 0. The van der Waals surface area contributed by atoms with Crippen molar-refractivity contribution in [1.82, 2.24) is 4.98 Å². The van der Waals surface area contributed by atoms with Gasteiger partial charge >= 0.3 is 0 Å². The van der Waals surface area contributed by atoms with Gasteiger partial charge in [0.15, 0.2) is 5.54 Å². The molecule has 1 aliphatic rings. The molecule has 0 saturated carbocycles. The molecule has 1 fully saturated rings. The number of benzene rings is 3. The number of carbonyl (C=O) groups excluding carboxylic acids is 2. The molecule has 0 radical (unpaired) electrons. The van der Waals surface area contributed by atoms with E-state index in [0.29, 0.717) is 0 Å². The Morgan fingerprint density at radius 1 is 0.938 bits per heavy atom. The van der Waals surface area contributed by atoms with E-state index >= 15 is 0 Å². The first-order valence-electron chi connectivity index (χ1n) is 10.6. The average Bonchev–Trinajstić information content (AvgIpc) is 2.80. The average molecular weight is 422 g/mol. The number of hydrogen-bond donors (Lipinski definition) is 1. The first-order valence-corrected chi connectivity index (χ1v) is 10.6. The Kier molecular flexibility index (Phi) is 4.74. The number of amides is 2. The zero-order chi connectivity index (χ0) is 22.3. The van der Waals surface area contributed by atoms with Crippen molar-refractivity contribution in [3.05, 3.63) is 102 Å². The van der Waals surface area contributed by atoms with Crippen LogP contribution in [-0.4, -0.2) is 16.8 Å². The van der Waals surface area contributed by atoms with Gasteiger partial charge in [0.25, 0.3) is 5.91 Å². The zero-order valence-corrected chi connectivity index (χ0v) is 18.0. The van der Waals surface area contributed by atoms with Crippen LogP contribution in [0.1, 0.15) is 23.1 Å². The summed E-state index contributed by atoms with van der Waals surface area (Å²) in [6.45, 7) is 3.91. The Morgan fingerprint density at radius 2 is 1.69 bits per heavy atom. The van der Waals surface area contributed by atoms with E-state index in [4.69, 9.17) is 0 Å². The predicted octanol–water partition coefficient (Wildman–Crippen LogP) is 5.12. The summed E-state index contributed by atoms with van der Waals surface area (Å²) in [5.41, 5.74) is 3.86.